The van der Waals surface area contributed by atoms with Gasteiger partial charge in [0.2, 0.25) is 0 Å². The number of hydrogen-bond acceptors (Lipinski definition) is 0. The zero-order chi connectivity index (χ0) is 18.5. The van der Waals surface area contributed by atoms with Crippen LogP contribution in [0.5, 0.6) is 0 Å². The molecule has 1 radical (unpaired) electrons. The first-order valence-corrected chi connectivity index (χ1v) is 13.6. The first kappa shape index (κ1) is 27.2. The minimum atomic E-state index is -0.753. The van der Waals surface area contributed by atoms with Crippen LogP contribution in [0.3, 0.4) is 0 Å². The molecule has 3 atom stereocenters. The van der Waals surface area contributed by atoms with E-state index >= 15 is 0 Å². The molecule has 0 amide bonds. The fourth-order valence-corrected chi connectivity index (χ4v) is 11.6. The van der Waals surface area contributed by atoms with Crippen LogP contribution < -0.4 is 15.9 Å². The molecule has 3 aromatic carbocycles. The molecule has 0 spiro atoms. The molecule has 0 saturated carbocycles. The van der Waals surface area contributed by atoms with Gasteiger partial charge in [-0.1, -0.05) is 54.6 Å². The molecule has 1 saturated heterocycles. The molecule has 30 heavy (non-hydrogen) atoms. The van der Waals surface area contributed by atoms with Crippen molar-refractivity contribution in [1.29, 1.82) is 0 Å². The van der Waals surface area contributed by atoms with E-state index in [-0.39, 0.29) is 34.3 Å². The molecule has 0 aromatic heterocycles. The van der Waals surface area contributed by atoms with E-state index in [0.29, 0.717) is 0 Å². The molecule has 0 bridgehead atoms. The van der Waals surface area contributed by atoms with Gasteiger partial charge in [-0.25, -0.2) is 0 Å². The monoisotopic (exact) mass is 525 g/mol. The van der Waals surface area contributed by atoms with Crippen molar-refractivity contribution in [3.05, 3.63) is 106 Å². The molecule has 0 nitrogen and oxygen atoms in total. The first-order chi connectivity index (χ1) is 13.3. The van der Waals surface area contributed by atoms with Crippen molar-refractivity contribution in [3.63, 3.8) is 0 Å². The van der Waals surface area contributed by atoms with Gasteiger partial charge in [0, 0.05) is 14.3 Å². The van der Waals surface area contributed by atoms with Crippen molar-refractivity contribution in [2.45, 2.75) is 37.5 Å². The molecule has 4 rings (SSSR count). The second-order valence-corrected chi connectivity index (χ2v) is 13.7. The molecular weight excluding hydrogens is 489 g/mol. The second-order valence-electron chi connectivity index (χ2n) is 7.76. The van der Waals surface area contributed by atoms with Crippen LogP contribution in [0.4, 0.5) is 0 Å². The number of rotatable bonds is 6. The molecular formula is C27H36P2Rh+2. The predicted molar refractivity (Wildman–Crippen MR) is 140 cm³/mol. The topological polar surface area (TPSA) is 0 Å². The van der Waals surface area contributed by atoms with Crippen LogP contribution in [0.2, 0.25) is 0 Å². The number of hydrogen-bond donors (Lipinski definition) is 0. The van der Waals surface area contributed by atoms with Gasteiger partial charge in [0.25, 0.3) is 0 Å². The molecule has 161 valence electrons. The van der Waals surface area contributed by atoms with Gasteiger partial charge in [0.05, 0.1) is 41.3 Å². The van der Waals surface area contributed by atoms with Gasteiger partial charge in [0.15, 0.2) is 0 Å². The maximum atomic E-state index is 2.52. The van der Waals surface area contributed by atoms with Crippen molar-refractivity contribution in [3.8, 4) is 0 Å². The molecule has 1 unspecified atom stereocenters. The Balaban J connectivity index is 0.00000150. The van der Waals surface area contributed by atoms with E-state index in [0.717, 1.165) is 11.3 Å². The average molecular weight is 525 g/mol. The van der Waals surface area contributed by atoms with Gasteiger partial charge in [0.1, 0.15) is 0 Å². The SMILES string of the molecule is C[C@@H](C[C@H]1CCC[PH+]1c1ccccc1)[PH+](c1ccccc1)c1ccccc1.[CH3-].[CH3-].[Rh+2]. The van der Waals surface area contributed by atoms with E-state index in [2.05, 4.69) is 97.9 Å². The zero-order valence-corrected chi connectivity index (χ0v) is 22.1. The quantitative estimate of drug-likeness (QED) is 0.203. The Morgan fingerprint density at radius 3 is 1.77 bits per heavy atom. The number of benzene rings is 3. The smallest absolute Gasteiger partial charge is 0.358 e. The Hall–Kier alpha value is -0.857. The van der Waals surface area contributed by atoms with Crippen molar-refractivity contribution in [1.82, 2.24) is 0 Å². The van der Waals surface area contributed by atoms with E-state index in [1.807, 2.05) is 0 Å². The minimum absolute atomic E-state index is 0. The fraction of sp³-hybridized carbons (Fsp3) is 0.259. The van der Waals surface area contributed by atoms with E-state index in [1.54, 1.807) is 15.9 Å². The summed E-state index contributed by atoms with van der Waals surface area (Å²) < 4.78 is 0. The Bertz CT molecular complexity index is 784. The molecule has 3 heteroatoms. The Kier molecular flexibility index (Phi) is 12.3. The molecule has 1 aliphatic heterocycles. The predicted octanol–water partition coefficient (Wildman–Crippen LogP) is 6.23. The molecule has 3 aromatic rings. The van der Waals surface area contributed by atoms with Crippen molar-refractivity contribution in [2.24, 2.45) is 0 Å². The summed E-state index contributed by atoms with van der Waals surface area (Å²) in [5, 5.41) is 4.78. The Labute approximate surface area is 200 Å². The minimum Gasteiger partial charge on any atom is -0.358 e. The van der Waals surface area contributed by atoms with E-state index in [4.69, 9.17) is 0 Å². The van der Waals surface area contributed by atoms with Gasteiger partial charge in [-0.05, 0) is 56.2 Å². The Morgan fingerprint density at radius 2 is 1.27 bits per heavy atom. The van der Waals surface area contributed by atoms with E-state index in [1.165, 1.54) is 25.4 Å². The third kappa shape index (κ3) is 6.57. The summed E-state index contributed by atoms with van der Waals surface area (Å²) in [6, 6.07) is 34.0. The molecule has 1 heterocycles. The molecule has 1 aliphatic rings. The average Bonchev–Trinajstić information content (AvgIpc) is 3.18. The van der Waals surface area contributed by atoms with Gasteiger partial charge in [-0.3, -0.25) is 0 Å². The third-order valence-corrected chi connectivity index (χ3v) is 12.5. The van der Waals surface area contributed by atoms with Gasteiger partial charge < -0.3 is 14.9 Å². The molecule has 0 aliphatic carbocycles. The fourth-order valence-electron chi connectivity index (χ4n) is 4.73. The van der Waals surface area contributed by atoms with Gasteiger partial charge >= 0.3 is 19.5 Å². The van der Waals surface area contributed by atoms with Gasteiger partial charge in [-0.2, -0.15) is 0 Å². The van der Waals surface area contributed by atoms with Crippen LogP contribution in [0.25, 0.3) is 0 Å². The summed E-state index contributed by atoms with van der Waals surface area (Å²) >= 11 is 0. The maximum Gasteiger partial charge on any atom is 2.00 e. The summed E-state index contributed by atoms with van der Waals surface area (Å²) in [4.78, 5) is 0. The third-order valence-electron chi connectivity index (χ3n) is 5.94. The second kappa shape index (κ2) is 13.5. The maximum absolute atomic E-state index is 2.52. The van der Waals surface area contributed by atoms with Crippen LogP contribution in [0, 0.1) is 14.9 Å². The van der Waals surface area contributed by atoms with Crippen molar-refractivity contribution >= 4 is 31.8 Å². The summed E-state index contributed by atoms with van der Waals surface area (Å²) in [6.07, 6.45) is 5.72. The van der Waals surface area contributed by atoms with Crippen LogP contribution in [-0.2, 0) is 19.5 Å². The molecule has 1 fully saturated rings. The zero-order valence-electron chi connectivity index (χ0n) is 18.5. The van der Waals surface area contributed by atoms with Crippen LogP contribution in [0.15, 0.2) is 91.0 Å². The molecule has 0 N–H and O–H groups in total. The summed E-state index contributed by atoms with van der Waals surface area (Å²) in [5.41, 5.74) is 1.69. The summed E-state index contributed by atoms with van der Waals surface area (Å²) in [6.45, 7) is 2.52. The standard InChI is InChI=1S/C25H28P2.2CH3.Rh/c1-21(20-25-18-11-19-26(25)22-12-5-2-6-13-22)27(23-14-7-3-8-15-23)24-16-9-4-10-17-24;;;/h2-10,12-17,21,25H,11,18-20H2,1H3;2*1H3;/q;2*-1;+2/p+2/t21-,25+,26?;;;/m0.../s1. The normalized spacial score (nSPS) is 18.6. The van der Waals surface area contributed by atoms with Gasteiger partial charge in [-0.15, -0.1) is 0 Å². The van der Waals surface area contributed by atoms with Crippen LogP contribution in [0.1, 0.15) is 26.2 Å². The van der Waals surface area contributed by atoms with Crippen LogP contribution >= 0.6 is 15.8 Å². The first-order valence-electron chi connectivity index (χ1n) is 10.2. The Morgan fingerprint density at radius 1 is 0.800 bits per heavy atom. The summed E-state index contributed by atoms with van der Waals surface area (Å²) in [5.74, 6) is 0. The van der Waals surface area contributed by atoms with Crippen LogP contribution in [-0.4, -0.2) is 17.5 Å². The van der Waals surface area contributed by atoms with Crippen molar-refractivity contribution in [2.75, 3.05) is 6.16 Å². The largest absolute Gasteiger partial charge is 2.00 e. The summed E-state index contributed by atoms with van der Waals surface area (Å²) in [7, 11) is -1.16. The van der Waals surface area contributed by atoms with E-state index in [9.17, 15) is 0 Å². The van der Waals surface area contributed by atoms with E-state index < -0.39 is 15.8 Å². The van der Waals surface area contributed by atoms with Crippen molar-refractivity contribution < 1.29 is 19.5 Å².